The van der Waals surface area contributed by atoms with Gasteiger partial charge in [-0.2, -0.15) is 0 Å². The molecule has 1 aliphatic rings. The lowest BCUT2D eigenvalue weighted by Gasteiger charge is -2.36. The molecule has 0 atom stereocenters. The second-order valence-corrected chi connectivity index (χ2v) is 6.57. The van der Waals surface area contributed by atoms with Crippen LogP contribution in [-0.2, 0) is 4.74 Å². The Bertz CT molecular complexity index is 523. The van der Waals surface area contributed by atoms with Crippen molar-refractivity contribution < 1.29 is 9.53 Å². The Hall–Kier alpha value is -1.36. The van der Waals surface area contributed by atoms with E-state index in [0.29, 0.717) is 23.6 Å². The summed E-state index contributed by atoms with van der Waals surface area (Å²) in [6.45, 7) is 8.39. The molecule has 0 N–H and O–H groups in total. The zero-order valence-electron chi connectivity index (χ0n) is 12.7. The van der Waals surface area contributed by atoms with Gasteiger partial charge in [0.1, 0.15) is 13.4 Å². The standard InChI is InChI=1S/C15H20BClN2O2/c1-15(2,3)21-14(20)19-8-6-18(7-9-19)11-4-5-12(16)13(17)10-11/h4-5,10H,6-9H2,1-3H3. The molecule has 1 aromatic rings. The lowest BCUT2D eigenvalue weighted by atomic mass is 9.96. The van der Waals surface area contributed by atoms with Gasteiger partial charge in [-0.25, -0.2) is 4.79 Å². The molecule has 4 nitrogen and oxygen atoms in total. The van der Waals surface area contributed by atoms with Gasteiger partial charge in [-0.3, -0.25) is 0 Å². The number of piperazine rings is 1. The average molecular weight is 307 g/mol. The molecule has 21 heavy (non-hydrogen) atoms. The van der Waals surface area contributed by atoms with Crippen LogP contribution in [0.2, 0.25) is 5.02 Å². The molecule has 1 aromatic carbocycles. The summed E-state index contributed by atoms with van der Waals surface area (Å²) in [5.74, 6) is 0. The monoisotopic (exact) mass is 306 g/mol. The van der Waals surface area contributed by atoms with Gasteiger partial charge in [0.2, 0.25) is 0 Å². The first-order valence-electron chi connectivity index (χ1n) is 7.04. The summed E-state index contributed by atoms with van der Waals surface area (Å²) in [7, 11) is 5.72. The van der Waals surface area contributed by atoms with E-state index >= 15 is 0 Å². The molecule has 1 fully saturated rings. The summed E-state index contributed by atoms with van der Waals surface area (Å²) in [6, 6.07) is 5.61. The molecule has 1 aliphatic heterocycles. The van der Waals surface area contributed by atoms with Gasteiger partial charge in [-0.15, -0.1) is 0 Å². The summed E-state index contributed by atoms with van der Waals surface area (Å²) in [4.78, 5) is 15.9. The minimum absolute atomic E-state index is 0.252. The van der Waals surface area contributed by atoms with E-state index in [2.05, 4.69) is 4.90 Å². The Kier molecular flexibility index (Phi) is 4.72. The number of carbonyl (C=O) groups is 1. The van der Waals surface area contributed by atoms with E-state index in [1.54, 1.807) is 11.0 Å². The highest BCUT2D eigenvalue weighted by atomic mass is 35.5. The van der Waals surface area contributed by atoms with Crippen LogP contribution in [-0.4, -0.2) is 50.6 Å². The molecule has 0 aliphatic carbocycles. The van der Waals surface area contributed by atoms with Crippen LogP contribution in [0.25, 0.3) is 0 Å². The van der Waals surface area contributed by atoms with Crippen molar-refractivity contribution in [2.45, 2.75) is 26.4 Å². The Balaban J connectivity index is 1.94. The fourth-order valence-electron chi connectivity index (χ4n) is 2.19. The van der Waals surface area contributed by atoms with Crippen molar-refractivity contribution in [3.05, 3.63) is 23.2 Å². The number of anilines is 1. The molecule has 6 heteroatoms. The molecular weight excluding hydrogens is 286 g/mol. The van der Waals surface area contributed by atoms with Crippen LogP contribution in [0.1, 0.15) is 20.8 Å². The molecule has 0 spiro atoms. The highest BCUT2D eigenvalue weighted by Crippen LogP contribution is 2.20. The van der Waals surface area contributed by atoms with Gasteiger partial charge in [-0.1, -0.05) is 23.1 Å². The first-order chi connectivity index (χ1) is 9.76. The van der Waals surface area contributed by atoms with Gasteiger partial charge >= 0.3 is 6.09 Å². The fraction of sp³-hybridized carbons (Fsp3) is 0.533. The van der Waals surface area contributed by atoms with Gasteiger partial charge in [0.25, 0.3) is 0 Å². The second kappa shape index (κ2) is 6.18. The van der Waals surface area contributed by atoms with Crippen LogP contribution >= 0.6 is 11.6 Å². The number of nitrogens with zero attached hydrogens (tertiary/aromatic N) is 2. The number of amides is 1. The van der Waals surface area contributed by atoms with Crippen molar-refractivity contribution in [1.29, 1.82) is 0 Å². The molecule has 0 aromatic heterocycles. The number of rotatable bonds is 1. The molecule has 2 radical (unpaired) electrons. The van der Waals surface area contributed by atoms with Crippen LogP contribution in [0.15, 0.2) is 18.2 Å². The zero-order chi connectivity index (χ0) is 15.6. The van der Waals surface area contributed by atoms with Crippen molar-refractivity contribution >= 4 is 36.7 Å². The number of benzene rings is 1. The SMILES string of the molecule is [B]c1ccc(N2CCN(C(=O)OC(C)(C)C)CC2)cc1Cl. The van der Waals surface area contributed by atoms with E-state index in [0.717, 1.165) is 18.8 Å². The van der Waals surface area contributed by atoms with Crippen LogP contribution in [0.3, 0.4) is 0 Å². The third-order valence-corrected chi connectivity index (χ3v) is 3.61. The van der Waals surface area contributed by atoms with Gasteiger partial charge in [0, 0.05) is 36.9 Å². The van der Waals surface area contributed by atoms with E-state index < -0.39 is 5.60 Å². The van der Waals surface area contributed by atoms with E-state index in [9.17, 15) is 4.79 Å². The number of carbonyl (C=O) groups excluding carboxylic acids is 1. The van der Waals surface area contributed by atoms with Gasteiger partial charge < -0.3 is 14.5 Å². The summed E-state index contributed by atoms with van der Waals surface area (Å²) in [5.41, 5.74) is 1.14. The lowest BCUT2D eigenvalue weighted by molar-refractivity contribution is 0.0240. The molecule has 1 amide bonds. The van der Waals surface area contributed by atoms with E-state index in [-0.39, 0.29) is 6.09 Å². The Morgan fingerprint density at radius 2 is 1.86 bits per heavy atom. The van der Waals surface area contributed by atoms with Crippen molar-refractivity contribution in [2.24, 2.45) is 0 Å². The summed E-state index contributed by atoms with van der Waals surface area (Å²) >= 11 is 6.05. The van der Waals surface area contributed by atoms with Crippen molar-refractivity contribution in [1.82, 2.24) is 4.90 Å². The number of halogens is 1. The highest BCUT2D eigenvalue weighted by Gasteiger charge is 2.25. The minimum atomic E-state index is -0.460. The normalized spacial score (nSPS) is 16.0. The van der Waals surface area contributed by atoms with E-state index in [4.69, 9.17) is 24.2 Å². The maximum absolute atomic E-state index is 12.0. The van der Waals surface area contributed by atoms with Crippen LogP contribution < -0.4 is 10.4 Å². The lowest BCUT2D eigenvalue weighted by Crippen LogP contribution is -2.50. The quantitative estimate of drug-likeness (QED) is 0.746. The van der Waals surface area contributed by atoms with Crippen LogP contribution in [0.4, 0.5) is 10.5 Å². The summed E-state index contributed by atoms with van der Waals surface area (Å²) < 4.78 is 5.38. The van der Waals surface area contributed by atoms with E-state index in [1.807, 2.05) is 32.9 Å². The van der Waals surface area contributed by atoms with Crippen LogP contribution in [0.5, 0.6) is 0 Å². The van der Waals surface area contributed by atoms with Crippen LogP contribution in [0, 0.1) is 0 Å². The van der Waals surface area contributed by atoms with Gasteiger partial charge in [0.05, 0.1) is 0 Å². The van der Waals surface area contributed by atoms with Gasteiger partial charge in [-0.05, 0) is 32.9 Å². The smallest absolute Gasteiger partial charge is 0.410 e. The fourth-order valence-corrected chi connectivity index (χ4v) is 2.36. The van der Waals surface area contributed by atoms with Crippen molar-refractivity contribution in [3.63, 3.8) is 0 Å². The molecule has 0 unspecified atom stereocenters. The van der Waals surface area contributed by atoms with E-state index in [1.165, 1.54) is 0 Å². The Labute approximate surface area is 132 Å². The molecule has 112 valence electrons. The third-order valence-electron chi connectivity index (χ3n) is 3.28. The Morgan fingerprint density at radius 3 is 2.38 bits per heavy atom. The summed E-state index contributed by atoms with van der Waals surface area (Å²) in [5, 5.41) is 0.557. The number of hydrogen-bond acceptors (Lipinski definition) is 3. The number of ether oxygens (including phenoxy) is 1. The first-order valence-corrected chi connectivity index (χ1v) is 7.42. The molecular formula is C15H20BClN2O2. The third kappa shape index (κ3) is 4.30. The highest BCUT2D eigenvalue weighted by molar-refractivity contribution is 6.45. The maximum Gasteiger partial charge on any atom is 0.410 e. The minimum Gasteiger partial charge on any atom is -0.444 e. The topological polar surface area (TPSA) is 32.8 Å². The molecule has 0 saturated carbocycles. The predicted molar refractivity (Wildman–Crippen MR) is 86.9 cm³/mol. The maximum atomic E-state index is 12.0. The van der Waals surface area contributed by atoms with Crippen molar-refractivity contribution in [2.75, 3.05) is 31.1 Å². The molecule has 2 rings (SSSR count). The zero-order valence-corrected chi connectivity index (χ0v) is 13.5. The predicted octanol–water partition coefficient (Wildman–Crippen LogP) is 2.19. The summed E-state index contributed by atoms with van der Waals surface area (Å²) in [6.07, 6.45) is -0.252. The van der Waals surface area contributed by atoms with Gasteiger partial charge in [0.15, 0.2) is 0 Å². The number of hydrogen-bond donors (Lipinski definition) is 0. The average Bonchev–Trinajstić information content (AvgIpc) is 2.40. The first kappa shape index (κ1) is 16.0. The molecule has 1 saturated heterocycles. The molecule has 0 bridgehead atoms. The molecule has 1 heterocycles. The second-order valence-electron chi connectivity index (χ2n) is 6.16. The largest absolute Gasteiger partial charge is 0.444 e. The van der Waals surface area contributed by atoms with Crippen molar-refractivity contribution in [3.8, 4) is 0 Å². The Morgan fingerprint density at radius 1 is 1.24 bits per heavy atom.